The molecule has 0 saturated carbocycles. The van der Waals surface area contributed by atoms with Crippen molar-refractivity contribution in [1.29, 1.82) is 5.26 Å². The van der Waals surface area contributed by atoms with E-state index in [1.54, 1.807) is 0 Å². The van der Waals surface area contributed by atoms with E-state index >= 15 is 0 Å². The van der Waals surface area contributed by atoms with E-state index < -0.39 is 0 Å². The third-order valence-corrected chi connectivity index (χ3v) is 3.83. The summed E-state index contributed by atoms with van der Waals surface area (Å²) >= 11 is 0. The van der Waals surface area contributed by atoms with Crippen molar-refractivity contribution >= 4 is 5.96 Å². The molecule has 0 spiro atoms. The average Bonchev–Trinajstić information content (AvgIpc) is 2.66. The Morgan fingerprint density at radius 1 is 1.15 bits per heavy atom. The Kier molecular flexibility index (Phi) is 7.50. The number of hydrogen-bond acceptors (Lipinski definition) is 3. The molecule has 1 unspecified atom stereocenters. The number of para-hydroxylation sites is 1. The summed E-state index contributed by atoms with van der Waals surface area (Å²) in [6.07, 6.45) is 0.00914. The highest BCUT2D eigenvalue weighted by Gasteiger charge is 2.07. The number of nitrogens with zero attached hydrogens (tertiary/aromatic N) is 2. The van der Waals surface area contributed by atoms with Gasteiger partial charge in [0.05, 0.1) is 24.7 Å². The molecule has 136 valence electrons. The maximum absolute atomic E-state index is 8.85. The highest BCUT2D eigenvalue weighted by molar-refractivity contribution is 5.79. The van der Waals surface area contributed by atoms with E-state index in [0.717, 1.165) is 29.4 Å². The number of rotatable bonds is 7. The molecule has 0 aromatic heterocycles. The van der Waals surface area contributed by atoms with Gasteiger partial charge in [-0.3, -0.25) is 0 Å². The van der Waals surface area contributed by atoms with Crippen LogP contribution in [0, 0.1) is 18.3 Å². The van der Waals surface area contributed by atoms with E-state index in [4.69, 9.17) is 10.00 Å². The number of nitriles is 1. The summed E-state index contributed by atoms with van der Waals surface area (Å²) in [5.41, 5.74) is 2.84. The Morgan fingerprint density at radius 2 is 1.88 bits per heavy atom. The molecule has 5 nitrogen and oxygen atoms in total. The number of hydrogen-bond donors (Lipinski definition) is 2. The van der Waals surface area contributed by atoms with E-state index in [1.165, 1.54) is 0 Å². The van der Waals surface area contributed by atoms with Crippen molar-refractivity contribution in [2.24, 2.45) is 4.99 Å². The summed E-state index contributed by atoms with van der Waals surface area (Å²) in [5.74, 6) is 1.65. The number of ether oxygens (including phenoxy) is 1. The van der Waals surface area contributed by atoms with Gasteiger partial charge in [-0.05, 0) is 50.1 Å². The Morgan fingerprint density at radius 3 is 2.54 bits per heavy atom. The highest BCUT2D eigenvalue weighted by Crippen LogP contribution is 2.17. The summed E-state index contributed by atoms with van der Waals surface area (Å²) in [6, 6.07) is 17.6. The molecule has 26 heavy (non-hydrogen) atoms. The van der Waals surface area contributed by atoms with Crippen LogP contribution in [0.5, 0.6) is 5.75 Å². The minimum atomic E-state index is 0.00914. The summed E-state index contributed by atoms with van der Waals surface area (Å²) < 4.78 is 5.99. The summed E-state index contributed by atoms with van der Waals surface area (Å²) in [7, 11) is 0. The van der Waals surface area contributed by atoms with Gasteiger partial charge in [0.2, 0.25) is 0 Å². The summed E-state index contributed by atoms with van der Waals surface area (Å²) in [4.78, 5) is 4.59. The minimum Gasteiger partial charge on any atom is -0.489 e. The third-order valence-electron chi connectivity index (χ3n) is 3.83. The minimum absolute atomic E-state index is 0.00914. The molecule has 2 N–H and O–H groups in total. The number of benzene rings is 2. The van der Waals surface area contributed by atoms with Crippen LogP contribution >= 0.6 is 0 Å². The summed E-state index contributed by atoms with van der Waals surface area (Å²) in [5, 5.41) is 15.4. The smallest absolute Gasteiger partial charge is 0.191 e. The lowest BCUT2D eigenvalue weighted by molar-refractivity contribution is 0.222. The van der Waals surface area contributed by atoms with Crippen molar-refractivity contribution in [2.75, 3.05) is 13.1 Å². The fourth-order valence-electron chi connectivity index (χ4n) is 2.38. The Bertz CT molecular complexity index is 762. The molecule has 2 rings (SSSR count). The van der Waals surface area contributed by atoms with Gasteiger partial charge in [-0.25, -0.2) is 4.99 Å². The van der Waals surface area contributed by atoms with Crippen LogP contribution in [0.25, 0.3) is 0 Å². The normalized spacial score (nSPS) is 12.2. The first kappa shape index (κ1) is 19.3. The van der Waals surface area contributed by atoms with Gasteiger partial charge < -0.3 is 15.4 Å². The van der Waals surface area contributed by atoms with Crippen molar-refractivity contribution in [3.8, 4) is 11.8 Å². The molecular formula is C21H26N4O. The Labute approximate surface area is 155 Å². The van der Waals surface area contributed by atoms with Gasteiger partial charge in [0.1, 0.15) is 11.9 Å². The van der Waals surface area contributed by atoms with Crippen LogP contribution in [0.3, 0.4) is 0 Å². The van der Waals surface area contributed by atoms with Gasteiger partial charge in [0.25, 0.3) is 0 Å². The van der Waals surface area contributed by atoms with Gasteiger partial charge in [-0.1, -0.05) is 30.3 Å². The van der Waals surface area contributed by atoms with E-state index in [0.29, 0.717) is 18.7 Å². The zero-order valence-electron chi connectivity index (χ0n) is 15.6. The van der Waals surface area contributed by atoms with Crippen LogP contribution < -0.4 is 15.4 Å². The molecule has 0 amide bonds. The van der Waals surface area contributed by atoms with Gasteiger partial charge >= 0.3 is 0 Å². The lowest BCUT2D eigenvalue weighted by atomic mass is 10.1. The predicted octanol–water partition coefficient (Wildman–Crippen LogP) is 3.39. The van der Waals surface area contributed by atoms with Crippen LogP contribution in [-0.4, -0.2) is 25.2 Å². The van der Waals surface area contributed by atoms with Crippen LogP contribution in [0.1, 0.15) is 30.5 Å². The number of guanidine groups is 1. The topological polar surface area (TPSA) is 69.4 Å². The average molecular weight is 350 g/mol. The maximum Gasteiger partial charge on any atom is 0.191 e. The van der Waals surface area contributed by atoms with Crippen LogP contribution in [0.15, 0.2) is 53.5 Å². The molecule has 0 saturated heterocycles. The van der Waals surface area contributed by atoms with Gasteiger partial charge in [0, 0.05) is 6.54 Å². The molecule has 0 aliphatic heterocycles. The molecule has 2 aromatic rings. The second kappa shape index (κ2) is 10.1. The standard InChI is InChI=1S/C21H26N4O/c1-4-23-21(25-15-19-11-9-18(13-22)10-12-19)24-14-17(3)26-20-8-6-5-7-16(20)2/h5-12,17H,4,14-15H2,1-3H3,(H2,23,24,25). The molecule has 0 aliphatic carbocycles. The number of aliphatic imine (C=N–C) groups is 1. The highest BCUT2D eigenvalue weighted by atomic mass is 16.5. The van der Waals surface area contributed by atoms with Crippen molar-refractivity contribution < 1.29 is 4.74 Å². The Balaban J connectivity index is 1.90. The summed E-state index contributed by atoms with van der Waals surface area (Å²) in [6.45, 7) is 8.09. The van der Waals surface area contributed by atoms with Crippen molar-refractivity contribution in [3.05, 3.63) is 65.2 Å². The molecule has 0 fully saturated rings. The van der Waals surface area contributed by atoms with Gasteiger partial charge in [-0.2, -0.15) is 5.26 Å². The molecule has 2 aromatic carbocycles. The van der Waals surface area contributed by atoms with Crippen LogP contribution in [0.4, 0.5) is 0 Å². The zero-order chi connectivity index (χ0) is 18.8. The molecule has 5 heteroatoms. The molecular weight excluding hydrogens is 324 g/mol. The lowest BCUT2D eigenvalue weighted by Gasteiger charge is -2.18. The zero-order valence-corrected chi connectivity index (χ0v) is 15.6. The first-order valence-corrected chi connectivity index (χ1v) is 8.86. The molecule has 0 heterocycles. The van der Waals surface area contributed by atoms with E-state index in [2.05, 4.69) is 21.7 Å². The lowest BCUT2D eigenvalue weighted by Crippen LogP contribution is -2.41. The number of nitrogens with one attached hydrogen (secondary N) is 2. The van der Waals surface area contributed by atoms with E-state index in [9.17, 15) is 0 Å². The van der Waals surface area contributed by atoms with E-state index in [-0.39, 0.29) is 6.10 Å². The molecule has 0 aliphatic rings. The molecule has 0 radical (unpaired) electrons. The number of aryl methyl sites for hydroxylation is 1. The quantitative estimate of drug-likeness (QED) is 0.593. The predicted molar refractivity (Wildman–Crippen MR) is 105 cm³/mol. The van der Waals surface area contributed by atoms with Crippen molar-refractivity contribution in [1.82, 2.24) is 10.6 Å². The van der Waals surface area contributed by atoms with Crippen LogP contribution in [0.2, 0.25) is 0 Å². The Hall–Kier alpha value is -3.00. The van der Waals surface area contributed by atoms with Crippen LogP contribution in [-0.2, 0) is 6.54 Å². The van der Waals surface area contributed by atoms with Gasteiger partial charge in [0.15, 0.2) is 5.96 Å². The molecule has 0 bridgehead atoms. The van der Waals surface area contributed by atoms with Crippen molar-refractivity contribution in [3.63, 3.8) is 0 Å². The SMILES string of the molecule is CCNC(=NCc1ccc(C#N)cc1)NCC(C)Oc1ccccc1C. The monoisotopic (exact) mass is 350 g/mol. The maximum atomic E-state index is 8.85. The fourth-order valence-corrected chi connectivity index (χ4v) is 2.38. The van der Waals surface area contributed by atoms with Gasteiger partial charge in [-0.15, -0.1) is 0 Å². The van der Waals surface area contributed by atoms with E-state index in [1.807, 2.05) is 69.3 Å². The largest absolute Gasteiger partial charge is 0.489 e. The molecule has 1 atom stereocenters. The second-order valence-electron chi connectivity index (χ2n) is 6.08. The second-order valence-corrected chi connectivity index (χ2v) is 6.08. The van der Waals surface area contributed by atoms with Crippen molar-refractivity contribution in [2.45, 2.75) is 33.4 Å². The first-order valence-electron chi connectivity index (χ1n) is 8.86. The first-order chi connectivity index (χ1) is 12.6. The fraction of sp³-hybridized carbons (Fsp3) is 0.333. The third kappa shape index (κ3) is 6.14.